The third-order valence-electron chi connectivity index (χ3n) is 3.74. The summed E-state index contributed by atoms with van der Waals surface area (Å²) in [5, 5.41) is 3.65. The van der Waals surface area contributed by atoms with Crippen LogP contribution in [-0.4, -0.2) is 32.4 Å². The molecule has 1 amide bonds. The van der Waals surface area contributed by atoms with Crippen molar-refractivity contribution in [1.82, 2.24) is 25.3 Å². The van der Waals surface area contributed by atoms with Gasteiger partial charge in [-0.15, -0.1) is 0 Å². The lowest BCUT2D eigenvalue weighted by molar-refractivity contribution is 0.0952. The highest BCUT2D eigenvalue weighted by Crippen LogP contribution is 2.25. The Morgan fingerprint density at radius 1 is 1.19 bits per heavy atom. The van der Waals surface area contributed by atoms with Crippen LogP contribution in [0.25, 0.3) is 0 Å². The van der Waals surface area contributed by atoms with Gasteiger partial charge in [0.2, 0.25) is 0 Å². The van der Waals surface area contributed by atoms with E-state index in [1.807, 2.05) is 0 Å². The molecule has 0 radical (unpaired) electrons. The molecule has 3 aromatic rings. The Labute approximate surface area is 158 Å². The number of nitrogens with one attached hydrogen (secondary N) is 3. The fourth-order valence-electron chi connectivity index (χ4n) is 2.38. The molecular weight excluding hydrogens is 377 g/mol. The summed E-state index contributed by atoms with van der Waals surface area (Å²) >= 11 is 12.3. The molecule has 0 fully saturated rings. The van der Waals surface area contributed by atoms with E-state index >= 15 is 0 Å². The minimum Gasteiger partial charge on any atom is -0.351 e. The van der Waals surface area contributed by atoms with E-state index in [1.54, 1.807) is 30.7 Å². The number of carbonyl (C=O) groups is 1. The Morgan fingerprint density at radius 3 is 2.62 bits per heavy atom. The van der Waals surface area contributed by atoms with E-state index in [0.717, 1.165) is 5.69 Å². The number of hydrogen-bond donors (Lipinski definition) is 3. The predicted molar refractivity (Wildman–Crippen MR) is 98.8 cm³/mol. The number of halogens is 2. The van der Waals surface area contributed by atoms with Crippen molar-refractivity contribution in [2.75, 3.05) is 6.54 Å². The molecule has 0 spiro atoms. The normalized spacial score (nSPS) is 10.7. The number of benzene rings is 1. The number of imidazole rings is 1. The fourth-order valence-corrected chi connectivity index (χ4v) is 2.91. The molecule has 0 aliphatic rings. The van der Waals surface area contributed by atoms with Crippen LogP contribution >= 0.6 is 23.2 Å². The number of aromatic nitrogens is 4. The molecule has 0 unspecified atom stereocenters. The third kappa shape index (κ3) is 4.30. The lowest BCUT2D eigenvalue weighted by Gasteiger charge is -2.07. The standard InChI is InChI=1S/C17H15Cl2N5O2/c18-13-2-1-3-14(19)11(13)6-15-22-8-12(17(26)24-15)16(25)21-5-4-10-7-20-9-23-10/h1-3,7-9H,4-6H2,(H,20,23)(H,21,25)(H,22,24,26). The minimum absolute atomic E-state index is 0.0522. The maximum atomic E-state index is 12.2. The first kappa shape index (κ1) is 18.2. The van der Waals surface area contributed by atoms with Crippen molar-refractivity contribution in [3.8, 4) is 0 Å². The first-order valence-electron chi connectivity index (χ1n) is 7.81. The zero-order valence-corrected chi connectivity index (χ0v) is 15.1. The summed E-state index contributed by atoms with van der Waals surface area (Å²) in [6, 6.07) is 5.16. The van der Waals surface area contributed by atoms with Gasteiger partial charge in [0.1, 0.15) is 11.4 Å². The molecule has 3 N–H and O–H groups in total. The summed E-state index contributed by atoms with van der Waals surface area (Å²) in [7, 11) is 0. The maximum absolute atomic E-state index is 12.2. The van der Waals surface area contributed by atoms with Crippen LogP contribution in [0.5, 0.6) is 0 Å². The minimum atomic E-state index is -0.516. The number of amides is 1. The van der Waals surface area contributed by atoms with Crippen LogP contribution < -0.4 is 10.9 Å². The number of nitrogens with zero attached hydrogens (tertiary/aromatic N) is 2. The number of H-pyrrole nitrogens is 2. The molecule has 0 aliphatic carbocycles. The van der Waals surface area contributed by atoms with Crippen molar-refractivity contribution >= 4 is 29.1 Å². The van der Waals surface area contributed by atoms with Crippen molar-refractivity contribution < 1.29 is 4.79 Å². The molecule has 0 aliphatic heterocycles. The van der Waals surface area contributed by atoms with Gasteiger partial charge in [0.15, 0.2) is 0 Å². The maximum Gasteiger partial charge on any atom is 0.263 e. The van der Waals surface area contributed by atoms with Gasteiger partial charge in [0.25, 0.3) is 11.5 Å². The molecule has 1 aromatic carbocycles. The van der Waals surface area contributed by atoms with Crippen molar-refractivity contribution in [3.05, 3.63) is 80.0 Å². The van der Waals surface area contributed by atoms with Crippen molar-refractivity contribution in [2.24, 2.45) is 0 Å². The largest absolute Gasteiger partial charge is 0.351 e. The zero-order chi connectivity index (χ0) is 18.5. The second-order valence-electron chi connectivity index (χ2n) is 5.53. The fraction of sp³-hybridized carbons (Fsp3) is 0.176. The molecule has 7 nitrogen and oxygen atoms in total. The van der Waals surface area contributed by atoms with Gasteiger partial charge in [-0.2, -0.15) is 0 Å². The van der Waals surface area contributed by atoms with Gasteiger partial charge in [-0.25, -0.2) is 9.97 Å². The van der Waals surface area contributed by atoms with Gasteiger partial charge in [0.05, 0.1) is 6.33 Å². The first-order valence-corrected chi connectivity index (χ1v) is 8.56. The predicted octanol–water partition coefficient (Wildman–Crippen LogP) is 2.36. The second kappa shape index (κ2) is 8.16. The smallest absolute Gasteiger partial charge is 0.263 e. The first-order chi connectivity index (χ1) is 12.5. The molecule has 0 saturated heterocycles. The van der Waals surface area contributed by atoms with E-state index in [9.17, 15) is 9.59 Å². The lowest BCUT2D eigenvalue weighted by Crippen LogP contribution is -2.31. The Hall–Kier alpha value is -2.64. The van der Waals surface area contributed by atoms with E-state index in [1.165, 1.54) is 6.20 Å². The molecular formula is C17H15Cl2N5O2. The van der Waals surface area contributed by atoms with Gasteiger partial charge >= 0.3 is 0 Å². The third-order valence-corrected chi connectivity index (χ3v) is 4.45. The van der Waals surface area contributed by atoms with Crippen LogP contribution in [0.4, 0.5) is 0 Å². The molecule has 3 rings (SSSR count). The van der Waals surface area contributed by atoms with Crippen molar-refractivity contribution in [1.29, 1.82) is 0 Å². The second-order valence-corrected chi connectivity index (χ2v) is 6.35. The van der Waals surface area contributed by atoms with E-state index in [4.69, 9.17) is 23.2 Å². The molecule has 2 aromatic heterocycles. The van der Waals surface area contributed by atoms with Gasteiger partial charge in [-0.05, 0) is 17.7 Å². The molecule has 2 heterocycles. The van der Waals surface area contributed by atoms with E-state index in [2.05, 4.69) is 25.3 Å². The van der Waals surface area contributed by atoms with Crippen LogP contribution in [-0.2, 0) is 12.8 Å². The summed E-state index contributed by atoms with van der Waals surface area (Å²) < 4.78 is 0. The lowest BCUT2D eigenvalue weighted by atomic mass is 10.1. The Kier molecular flexibility index (Phi) is 5.70. The topological polar surface area (TPSA) is 104 Å². The van der Waals surface area contributed by atoms with Crippen molar-refractivity contribution in [2.45, 2.75) is 12.8 Å². The number of hydrogen-bond acceptors (Lipinski definition) is 4. The zero-order valence-electron chi connectivity index (χ0n) is 13.6. The Bertz CT molecular complexity index is 949. The van der Waals surface area contributed by atoms with Crippen LogP contribution in [0.15, 0.2) is 41.7 Å². The monoisotopic (exact) mass is 391 g/mol. The van der Waals surface area contributed by atoms with Gasteiger partial charge in [-0.1, -0.05) is 29.3 Å². The van der Waals surface area contributed by atoms with Crippen LogP contribution in [0.2, 0.25) is 10.0 Å². The summed E-state index contributed by atoms with van der Waals surface area (Å²) in [6.45, 7) is 0.372. The average Bonchev–Trinajstić information content (AvgIpc) is 3.12. The Morgan fingerprint density at radius 2 is 1.96 bits per heavy atom. The van der Waals surface area contributed by atoms with Gasteiger partial charge < -0.3 is 15.3 Å². The number of aromatic amines is 2. The molecule has 134 valence electrons. The average molecular weight is 392 g/mol. The Balaban J connectivity index is 1.67. The summed E-state index contributed by atoms with van der Waals surface area (Å²) in [5.41, 5.74) is 0.987. The van der Waals surface area contributed by atoms with Crippen LogP contribution in [0.1, 0.15) is 27.4 Å². The quantitative estimate of drug-likeness (QED) is 0.599. The van der Waals surface area contributed by atoms with E-state index in [-0.39, 0.29) is 12.0 Å². The molecule has 0 saturated carbocycles. The summed E-state index contributed by atoms with van der Waals surface area (Å²) in [6.07, 6.45) is 5.34. The highest BCUT2D eigenvalue weighted by Gasteiger charge is 2.13. The van der Waals surface area contributed by atoms with E-state index in [0.29, 0.717) is 34.4 Å². The summed E-state index contributed by atoms with van der Waals surface area (Å²) in [4.78, 5) is 37.9. The highest BCUT2D eigenvalue weighted by atomic mass is 35.5. The van der Waals surface area contributed by atoms with Gasteiger partial charge in [0, 0.05) is 47.5 Å². The van der Waals surface area contributed by atoms with Gasteiger partial charge in [-0.3, -0.25) is 9.59 Å². The van der Waals surface area contributed by atoms with Crippen molar-refractivity contribution in [3.63, 3.8) is 0 Å². The molecule has 0 bridgehead atoms. The van der Waals surface area contributed by atoms with Crippen LogP contribution in [0, 0.1) is 0 Å². The molecule has 26 heavy (non-hydrogen) atoms. The number of carbonyl (C=O) groups excluding carboxylic acids is 1. The summed E-state index contributed by atoms with van der Waals surface area (Å²) in [5.74, 6) is -0.111. The van der Waals surface area contributed by atoms with E-state index < -0.39 is 11.5 Å². The van der Waals surface area contributed by atoms with Crippen LogP contribution in [0.3, 0.4) is 0 Å². The highest BCUT2D eigenvalue weighted by molar-refractivity contribution is 6.36. The molecule has 9 heteroatoms. The number of rotatable bonds is 6. The molecule has 0 atom stereocenters. The SMILES string of the molecule is O=C(NCCc1cnc[nH]1)c1cnc(Cc2c(Cl)cccc2Cl)[nH]c1=O.